The fourth-order valence-corrected chi connectivity index (χ4v) is 6.03. The van der Waals surface area contributed by atoms with Crippen molar-refractivity contribution in [1.29, 1.82) is 0 Å². The quantitative estimate of drug-likeness (QED) is 0.0700. The average molecular weight is 766 g/mol. The minimum absolute atomic E-state index is 0.112. The summed E-state index contributed by atoms with van der Waals surface area (Å²) in [5.41, 5.74) is 0.664. The van der Waals surface area contributed by atoms with Crippen LogP contribution in [-0.2, 0) is 29.3 Å². The van der Waals surface area contributed by atoms with E-state index >= 15 is 0 Å². The summed E-state index contributed by atoms with van der Waals surface area (Å²) in [5.74, 6) is -3.86. The molecule has 0 aliphatic carbocycles. The first-order valence-corrected chi connectivity index (χ1v) is 16.5. The zero-order valence-corrected chi connectivity index (χ0v) is 29.1. The number of aliphatic hydroxyl groups is 1. The molecule has 0 saturated carbocycles. The maximum absolute atomic E-state index is 13.1. The van der Waals surface area contributed by atoms with Gasteiger partial charge >= 0.3 is 18.0 Å². The lowest BCUT2D eigenvalue weighted by Gasteiger charge is -2.37. The van der Waals surface area contributed by atoms with Gasteiger partial charge < -0.3 is 34.1 Å². The molecule has 4 aromatic rings. The Morgan fingerprint density at radius 2 is 1.52 bits per heavy atom. The van der Waals surface area contributed by atoms with Crippen LogP contribution in [0.2, 0.25) is 0 Å². The van der Waals surface area contributed by atoms with Crippen molar-refractivity contribution < 1.29 is 59.9 Å². The monoisotopic (exact) mass is 765 g/mol. The van der Waals surface area contributed by atoms with Gasteiger partial charge in [0, 0.05) is 13.1 Å². The van der Waals surface area contributed by atoms with E-state index in [0.717, 1.165) is 10.1 Å². The van der Waals surface area contributed by atoms with E-state index in [4.69, 9.17) is 18.9 Å². The number of anilines is 1. The Hall–Kier alpha value is -4.81. The molecule has 1 aliphatic heterocycles. The number of nitrogens with one attached hydrogen (secondary N) is 1. The number of hydrogen-bond acceptors (Lipinski definition) is 9. The second-order valence-electron chi connectivity index (χ2n) is 12.4. The topological polar surface area (TPSA) is 130 Å². The van der Waals surface area contributed by atoms with Crippen LogP contribution in [0.3, 0.4) is 0 Å². The number of carbonyl (C=O) groups excluding carboxylic acids is 1. The van der Waals surface area contributed by atoms with Crippen LogP contribution in [0.15, 0.2) is 95.9 Å². The molecule has 5 rings (SSSR count). The summed E-state index contributed by atoms with van der Waals surface area (Å²) in [5, 5.41) is 13.9. The van der Waals surface area contributed by atoms with E-state index in [0.29, 0.717) is 22.4 Å². The lowest BCUT2D eigenvalue weighted by Crippen LogP contribution is -2.42. The summed E-state index contributed by atoms with van der Waals surface area (Å²) >= 11 is 0. The van der Waals surface area contributed by atoms with Crippen molar-refractivity contribution in [3.8, 4) is 5.75 Å². The molecule has 0 radical (unpaired) electrons. The second-order valence-corrected chi connectivity index (χ2v) is 12.4. The third-order valence-corrected chi connectivity index (χ3v) is 8.74. The van der Waals surface area contributed by atoms with Gasteiger partial charge in [0.1, 0.15) is 42.3 Å². The Balaban J connectivity index is 1.49. The van der Waals surface area contributed by atoms with E-state index in [1.54, 1.807) is 24.3 Å². The summed E-state index contributed by atoms with van der Waals surface area (Å²) in [4.78, 5) is 28.4. The summed E-state index contributed by atoms with van der Waals surface area (Å²) in [6.45, 7) is -0.241. The average Bonchev–Trinajstić information content (AvgIpc) is 3.42. The normalized spacial score (nSPS) is 20.1. The first kappa shape index (κ1) is 40.4. The fraction of sp³-hybridized carbons (Fsp3) is 0.378. The Labute approximate surface area is 305 Å². The smallest absolute Gasteiger partial charge is 0.402 e. The van der Waals surface area contributed by atoms with Crippen molar-refractivity contribution in [3.05, 3.63) is 124 Å². The number of carbonyl (C=O) groups is 1. The minimum Gasteiger partial charge on any atom is -0.497 e. The van der Waals surface area contributed by atoms with Gasteiger partial charge in [-0.2, -0.15) is 31.3 Å². The van der Waals surface area contributed by atoms with E-state index in [2.05, 4.69) is 15.0 Å². The molecule has 0 spiro atoms. The third kappa shape index (κ3) is 9.10. The molecule has 2 heterocycles. The predicted molar refractivity (Wildman–Crippen MR) is 180 cm³/mol. The first-order chi connectivity index (χ1) is 25.5. The number of methoxy groups -OCH3 is 1. The molecule has 0 bridgehead atoms. The van der Waals surface area contributed by atoms with Gasteiger partial charge in [-0.15, -0.1) is 0 Å². The molecule has 5 atom stereocenters. The number of halogens is 6. The maximum Gasteiger partial charge on any atom is 0.402 e. The van der Waals surface area contributed by atoms with E-state index in [1.165, 1.54) is 26.3 Å². The largest absolute Gasteiger partial charge is 0.497 e. The highest BCUT2D eigenvalue weighted by molar-refractivity contribution is 5.87. The molecular weight excluding hydrogens is 728 g/mol. The lowest BCUT2D eigenvalue weighted by atomic mass is 9.79. The van der Waals surface area contributed by atoms with Crippen molar-refractivity contribution in [2.24, 2.45) is 5.92 Å². The number of aryl methyl sites for hydroxylation is 1. The van der Waals surface area contributed by atoms with Crippen molar-refractivity contribution in [2.75, 3.05) is 32.4 Å². The molecule has 2 unspecified atom stereocenters. The molecule has 1 saturated heterocycles. The van der Waals surface area contributed by atoms with E-state index in [-0.39, 0.29) is 12.4 Å². The van der Waals surface area contributed by atoms with E-state index < -0.39 is 73.4 Å². The van der Waals surface area contributed by atoms with Crippen LogP contribution in [0.4, 0.5) is 32.2 Å². The summed E-state index contributed by atoms with van der Waals surface area (Å²) in [6.07, 6.45) is -16.2. The Kier molecular flexibility index (Phi) is 12.5. The first-order valence-electron chi connectivity index (χ1n) is 16.5. The van der Waals surface area contributed by atoms with Gasteiger partial charge in [0.2, 0.25) is 5.91 Å². The molecule has 1 fully saturated rings. The number of nitrogens with zero attached hydrogens (tertiary/aromatic N) is 2. The number of aliphatic hydroxyl groups excluding tert-OH is 1. The van der Waals surface area contributed by atoms with E-state index in [9.17, 15) is 41.0 Å². The van der Waals surface area contributed by atoms with Crippen LogP contribution in [-0.4, -0.2) is 78.3 Å². The molecule has 17 heteroatoms. The molecule has 2 N–H and O–H groups in total. The second kappa shape index (κ2) is 16.7. The van der Waals surface area contributed by atoms with Gasteiger partial charge in [-0.05, 0) is 41.8 Å². The van der Waals surface area contributed by atoms with Gasteiger partial charge in [-0.25, -0.2) is 4.79 Å². The molecular formula is C37H37F6N3O8. The SMILES string of the molecule is COc1ccc(C(OC[C@H]2O[C@@H](n3ccc(NC(C)=O)nc3=O)C(OCOCC(C(F)(F)F)C(F)(F)F)[C@H]2O)(c2ccccc2)c2ccc(C)cc2)cc1. The van der Waals surface area contributed by atoms with Crippen LogP contribution in [0.1, 0.15) is 35.4 Å². The van der Waals surface area contributed by atoms with Gasteiger partial charge in [-0.3, -0.25) is 9.36 Å². The zero-order chi connectivity index (χ0) is 39.3. The molecule has 11 nitrogen and oxygen atoms in total. The number of hydrogen-bond donors (Lipinski definition) is 2. The Bertz CT molecular complexity index is 1890. The van der Waals surface area contributed by atoms with Gasteiger partial charge in [0.05, 0.1) is 20.3 Å². The Morgan fingerprint density at radius 3 is 2.07 bits per heavy atom. The molecule has 1 aliphatic rings. The number of alkyl halides is 6. The summed E-state index contributed by atoms with van der Waals surface area (Å²) < 4.78 is 108. The number of ether oxygens (including phenoxy) is 5. The molecule has 1 aromatic heterocycles. The highest BCUT2D eigenvalue weighted by Gasteiger charge is 2.57. The van der Waals surface area contributed by atoms with Crippen molar-refractivity contribution in [3.63, 3.8) is 0 Å². The standard InChI is InChI=1S/C37H37F6N3O8/c1-22-9-11-25(12-10-22)35(24-7-5-4-6-8-24,26-13-15-27(50-3)16-14-26)53-19-28-31(48)32(52-21-51-20-29(36(38,39)40)37(41,42)43)33(54-28)46-18-17-30(44-23(2)47)45-34(46)49/h4-18,28-29,31-33,48H,19-21H2,1-3H3,(H,44,45,47,49)/t28-,31+,32?,33-,35?/m1/s1. The van der Waals surface area contributed by atoms with Gasteiger partial charge in [0.25, 0.3) is 0 Å². The summed E-state index contributed by atoms with van der Waals surface area (Å²) in [6, 6.07) is 25.0. The highest BCUT2D eigenvalue weighted by atomic mass is 19.4. The van der Waals surface area contributed by atoms with Crippen LogP contribution >= 0.6 is 0 Å². The number of rotatable bonds is 14. The van der Waals surface area contributed by atoms with E-state index in [1.807, 2.05) is 61.5 Å². The number of amides is 1. The van der Waals surface area contributed by atoms with Crippen molar-refractivity contribution >= 4 is 11.7 Å². The molecule has 3 aromatic carbocycles. The molecule has 290 valence electrons. The Morgan fingerprint density at radius 1 is 0.926 bits per heavy atom. The zero-order valence-electron chi connectivity index (χ0n) is 29.1. The van der Waals surface area contributed by atoms with Gasteiger partial charge in [0.15, 0.2) is 12.1 Å². The lowest BCUT2D eigenvalue weighted by molar-refractivity contribution is -0.299. The van der Waals surface area contributed by atoms with Crippen molar-refractivity contribution in [1.82, 2.24) is 9.55 Å². The van der Waals surface area contributed by atoms with Crippen LogP contribution in [0.5, 0.6) is 5.75 Å². The highest BCUT2D eigenvalue weighted by Crippen LogP contribution is 2.43. The van der Waals surface area contributed by atoms with Crippen molar-refractivity contribution in [2.45, 2.75) is 56.3 Å². The number of benzene rings is 3. The maximum atomic E-state index is 13.1. The van der Waals surface area contributed by atoms with Gasteiger partial charge in [-0.1, -0.05) is 72.3 Å². The molecule has 1 amide bonds. The fourth-order valence-electron chi connectivity index (χ4n) is 6.03. The molecule has 54 heavy (non-hydrogen) atoms. The summed E-state index contributed by atoms with van der Waals surface area (Å²) in [7, 11) is 1.52. The number of aromatic nitrogens is 2. The third-order valence-electron chi connectivity index (χ3n) is 8.74. The predicted octanol–water partition coefficient (Wildman–Crippen LogP) is 5.89. The van der Waals surface area contributed by atoms with Crippen LogP contribution in [0.25, 0.3) is 0 Å². The van der Waals surface area contributed by atoms with Crippen LogP contribution in [0, 0.1) is 12.8 Å². The minimum atomic E-state index is -5.65. The van der Waals surface area contributed by atoms with Crippen LogP contribution < -0.4 is 15.7 Å².